The van der Waals surface area contributed by atoms with Crippen molar-refractivity contribution in [2.75, 3.05) is 57.8 Å². The number of benzene rings is 1. The van der Waals surface area contributed by atoms with Gasteiger partial charge in [0.15, 0.2) is 0 Å². The van der Waals surface area contributed by atoms with Crippen molar-refractivity contribution in [3.63, 3.8) is 0 Å². The molecule has 1 aromatic carbocycles. The summed E-state index contributed by atoms with van der Waals surface area (Å²) in [7, 11) is 1.73. The van der Waals surface area contributed by atoms with Crippen molar-refractivity contribution in [1.82, 2.24) is 9.80 Å². The van der Waals surface area contributed by atoms with Gasteiger partial charge in [0, 0.05) is 51.7 Å². The number of methoxy groups -OCH3 is 1. The lowest BCUT2D eigenvalue weighted by Crippen LogP contribution is -2.55. The van der Waals surface area contributed by atoms with Gasteiger partial charge < -0.3 is 20.3 Å². The molecule has 0 spiro atoms. The summed E-state index contributed by atoms with van der Waals surface area (Å²) in [4.78, 5) is 18.4. The summed E-state index contributed by atoms with van der Waals surface area (Å²) >= 11 is 0. The number of nitrogens with two attached hydrogens (primary N) is 1. The highest BCUT2D eigenvalue weighted by atomic mass is 16.5. The first-order valence-electron chi connectivity index (χ1n) is 9.30. The average Bonchev–Trinajstić information content (AvgIpc) is 2.66. The Morgan fingerprint density at radius 2 is 1.96 bits per heavy atom. The zero-order chi connectivity index (χ0) is 17.6. The van der Waals surface area contributed by atoms with Crippen molar-refractivity contribution < 1.29 is 9.53 Å². The van der Waals surface area contributed by atoms with E-state index in [1.807, 2.05) is 12.1 Å². The molecule has 1 aromatic rings. The smallest absolute Gasteiger partial charge is 0.218 e. The number of carbonyl (C=O) groups is 1. The average molecular weight is 346 g/mol. The zero-order valence-corrected chi connectivity index (χ0v) is 15.2. The van der Waals surface area contributed by atoms with Crippen LogP contribution in [0.5, 0.6) is 5.75 Å². The van der Waals surface area contributed by atoms with Crippen molar-refractivity contribution in [1.29, 1.82) is 0 Å². The van der Waals surface area contributed by atoms with Crippen LogP contribution < -0.4 is 15.4 Å². The van der Waals surface area contributed by atoms with Crippen LogP contribution >= 0.6 is 0 Å². The number of hydrogen-bond donors (Lipinski definition) is 1. The van der Waals surface area contributed by atoms with Crippen LogP contribution in [-0.2, 0) is 4.79 Å². The fourth-order valence-corrected chi connectivity index (χ4v) is 4.02. The molecule has 0 radical (unpaired) electrons. The third-order valence-electron chi connectivity index (χ3n) is 5.41. The summed E-state index contributed by atoms with van der Waals surface area (Å²) in [5.74, 6) is 0.749. The number of amides is 1. The Balaban J connectivity index is 1.52. The number of ether oxygens (including phenoxy) is 1. The highest BCUT2D eigenvalue weighted by Crippen LogP contribution is 2.29. The largest absolute Gasteiger partial charge is 0.495 e. The molecular formula is C19H30N4O2. The Morgan fingerprint density at radius 1 is 1.20 bits per heavy atom. The van der Waals surface area contributed by atoms with E-state index in [-0.39, 0.29) is 5.91 Å². The van der Waals surface area contributed by atoms with Gasteiger partial charge in [-0.15, -0.1) is 0 Å². The predicted octanol–water partition coefficient (Wildman–Crippen LogP) is 1.16. The molecule has 0 bridgehead atoms. The highest BCUT2D eigenvalue weighted by molar-refractivity contribution is 5.73. The van der Waals surface area contributed by atoms with Gasteiger partial charge in [-0.3, -0.25) is 9.69 Å². The second-order valence-electron chi connectivity index (χ2n) is 7.01. The van der Waals surface area contributed by atoms with Gasteiger partial charge in [-0.2, -0.15) is 0 Å². The third-order valence-corrected chi connectivity index (χ3v) is 5.41. The summed E-state index contributed by atoms with van der Waals surface area (Å²) in [5.41, 5.74) is 6.48. The van der Waals surface area contributed by atoms with Gasteiger partial charge >= 0.3 is 0 Å². The van der Waals surface area contributed by atoms with Gasteiger partial charge in [0.05, 0.1) is 12.8 Å². The molecule has 2 N–H and O–H groups in total. The van der Waals surface area contributed by atoms with Gasteiger partial charge in [0.1, 0.15) is 5.75 Å². The number of primary amides is 1. The van der Waals surface area contributed by atoms with Gasteiger partial charge in [-0.1, -0.05) is 12.1 Å². The second-order valence-corrected chi connectivity index (χ2v) is 7.01. The monoisotopic (exact) mass is 346 g/mol. The van der Waals surface area contributed by atoms with Crippen LogP contribution in [0.2, 0.25) is 0 Å². The van der Waals surface area contributed by atoms with Crippen LogP contribution in [-0.4, -0.2) is 74.7 Å². The molecule has 3 rings (SSSR count). The molecule has 6 nitrogen and oxygen atoms in total. The third kappa shape index (κ3) is 4.64. The summed E-state index contributed by atoms with van der Waals surface area (Å²) in [5, 5.41) is 0. The molecule has 6 heteroatoms. The van der Waals surface area contributed by atoms with E-state index in [1.54, 1.807) is 7.11 Å². The van der Waals surface area contributed by atoms with Gasteiger partial charge in [0.2, 0.25) is 5.91 Å². The van der Waals surface area contributed by atoms with E-state index in [0.717, 1.165) is 51.6 Å². The van der Waals surface area contributed by atoms with E-state index in [1.165, 1.54) is 18.5 Å². The number of carbonyl (C=O) groups excluding carboxylic acids is 1. The maximum Gasteiger partial charge on any atom is 0.218 e. The Labute approximate surface area is 150 Å². The van der Waals surface area contributed by atoms with Crippen LogP contribution in [0.1, 0.15) is 19.3 Å². The maximum atomic E-state index is 11.0. The summed E-state index contributed by atoms with van der Waals surface area (Å²) < 4.78 is 5.50. The summed E-state index contributed by atoms with van der Waals surface area (Å²) in [6.07, 6.45) is 2.92. The van der Waals surface area contributed by atoms with Crippen molar-refractivity contribution in [2.45, 2.75) is 25.3 Å². The van der Waals surface area contributed by atoms with Crippen LogP contribution in [0.4, 0.5) is 5.69 Å². The van der Waals surface area contributed by atoms with Crippen molar-refractivity contribution in [3.8, 4) is 5.75 Å². The number of para-hydroxylation sites is 2. The fraction of sp³-hybridized carbons (Fsp3) is 0.632. The van der Waals surface area contributed by atoms with Crippen molar-refractivity contribution in [2.24, 2.45) is 5.73 Å². The number of piperazine rings is 1. The Morgan fingerprint density at radius 3 is 2.68 bits per heavy atom. The second kappa shape index (κ2) is 8.54. The Bertz CT molecular complexity index is 572. The Hall–Kier alpha value is -1.79. The quantitative estimate of drug-likeness (QED) is 0.837. The van der Waals surface area contributed by atoms with E-state index in [4.69, 9.17) is 10.5 Å². The van der Waals surface area contributed by atoms with E-state index >= 15 is 0 Å². The van der Waals surface area contributed by atoms with E-state index < -0.39 is 0 Å². The molecule has 0 aromatic heterocycles. The number of hydrogen-bond acceptors (Lipinski definition) is 5. The predicted molar refractivity (Wildman–Crippen MR) is 100 cm³/mol. The van der Waals surface area contributed by atoms with E-state index in [2.05, 4.69) is 26.8 Å². The van der Waals surface area contributed by atoms with Crippen LogP contribution in [0.25, 0.3) is 0 Å². The van der Waals surface area contributed by atoms with E-state index in [0.29, 0.717) is 12.5 Å². The number of nitrogens with zero attached hydrogens (tertiary/aromatic N) is 3. The molecule has 1 atom stereocenters. The molecule has 1 amide bonds. The topological polar surface area (TPSA) is 62.0 Å². The minimum atomic E-state index is -0.201. The molecular weight excluding hydrogens is 316 g/mol. The lowest BCUT2D eigenvalue weighted by Gasteiger charge is -2.44. The van der Waals surface area contributed by atoms with Gasteiger partial charge in [-0.05, 0) is 31.5 Å². The Kier molecular flexibility index (Phi) is 6.15. The first-order chi connectivity index (χ1) is 12.2. The van der Waals surface area contributed by atoms with Gasteiger partial charge in [-0.25, -0.2) is 0 Å². The SMILES string of the molecule is COc1ccccc1N1CCN(C2CCCN(CCC(N)=O)C2)CC1. The molecule has 0 aliphatic carbocycles. The molecule has 2 heterocycles. The summed E-state index contributed by atoms with van der Waals surface area (Å²) in [6.45, 7) is 7.15. The lowest BCUT2D eigenvalue weighted by atomic mass is 10.0. The molecule has 2 aliphatic heterocycles. The van der Waals surface area contributed by atoms with Crippen LogP contribution in [0.15, 0.2) is 24.3 Å². The van der Waals surface area contributed by atoms with Crippen LogP contribution in [0.3, 0.4) is 0 Å². The standard InChI is InChI=1S/C19H30N4O2/c1-25-18-7-3-2-6-17(18)23-13-11-22(12-14-23)16-5-4-9-21(15-16)10-8-19(20)24/h2-3,6-7,16H,4-5,8-15H2,1H3,(H2,20,24). The molecule has 2 fully saturated rings. The molecule has 2 aliphatic rings. The first kappa shape index (κ1) is 18.0. The fourth-order valence-electron chi connectivity index (χ4n) is 4.02. The number of piperidine rings is 1. The molecule has 2 saturated heterocycles. The maximum absolute atomic E-state index is 11.0. The zero-order valence-electron chi connectivity index (χ0n) is 15.2. The number of anilines is 1. The molecule has 138 valence electrons. The normalized spacial score (nSPS) is 22.8. The lowest BCUT2D eigenvalue weighted by molar-refractivity contribution is -0.118. The minimum Gasteiger partial charge on any atom is -0.495 e. The first-order valence-corrected chi connectivity index (χ1v) is 9.30. The molecule has 25 heavy (non-hydrogen) atoms. The summed E-state index contributed by atoms with van der Waals surface area (Å²) in [6, 6.07) is 8.85. The van der Waals surface area contributed by atoms with Crippen molar-refractivity contribution in [3.05, 3.63) is 24.3 Å². The number of rotatable bonds is 6. The number of likely N-dealkylation sites (tertiary alicyclic amines) is 1. The highest BCUT2D eigenvalue weighted by Gasteiger charge is 2.28. The van der Waals surface area contributed by atoms with E-state index in [9.17, 15) is 4.79 Å². The van der Waals surface area contributed by atoms with Crippen LogP contribution in [0, 0.1) is 0 Å². The van der Waals surface area contributed by atoms with Crippen molar-refractivity contribution >= 4 is 11.6 Å². The van der Waals surface area contributed by atoms with Gasteiger partial charge in [0.25, 0.3) is 0 Å². The molecule has 0 saturated carbocycles. The minimum absolute atomic E-state index is 0.201. The molecule has 1 unspecified atom stereocenters.